The zero-order valence-corrected chi connectivity index (χ0v) is 11.8. The summed E-state index contributed by atoms with van der Waals surface area (Å²) in [6, 6.07) is 8.47. The fraction of sp³-hybridized carbons (Fsp3) is 0.286. The third-order valence-electron chi connectivity index (χ3n) is 2.68. The number of carboxylic acids is 2. The molecule has 0 amide bonds. The fourth-order valence-corrected chi connectivity index (χ4v) is 1.58. The third kappa shape index (κ3) is 6.14. The van der Waals surface area contributed by atoms with Crippen molar-refractivity contribution in [2.75, 3.05) is 0 Å². The monoisotopic (exact) mass is 326 g/mol. The van der Waals surface area contributed by atoms with Crippen molar-refractivity contribution < 1.29 is 44.0 Å². The van der Waals surface area contributed by atoms with Gasteiger partial charge in [-0.2, -0.15) is 0 Å². The molecule has 0 aliphatic heterocycles. The first-order valence-corrected chi connectivity index (χ1v) is 6.32. The van der Waals surface area contributed by atoms with Crippen LogP contribution in [0.2, 0.25) is 0 Å². The molecule has 3 N–H and O–H groups in total. The molecule has 0 aliphatic carbocycles. The maximum absolute atomic E-state index is 11.4. The molecule has 0 bridgehead atoms. The number of rotatable bonds is 7. The second-order valence-corrected chi connectivity index (χ2v) is 4.58. The Bertz CT molecular complexity index is 596. The highest BCUT2D eigenvalue weighted by atomic mass is 16.7. The Morgan fingerprint density at radius 3 is 2.13 bits per heavy atom. The molecule has 23 heavy (non-hydrogen) atoms. The number of hydrogen-bond donors (Lipinski definition) is 3. The largest absolute Gasteiger partial charge is 0.516 e. The topological polar surface area (TPSA) is 147 Å². The van der Waals surface area contributed by atoms with Gasteiger partial charge in [0.15, 0.2) is 5.60 Å². The van der Waals surface area contributed by atoms with Crippen LogP contribution in [0.4, 0.5) is 4.79 Å². The molecule has 0 radical (unpaired) electrons. The number of benzene rings is 1. The second kappa shape index (κ2) is 7.90. The Morgan fingerprint density at radius 2 is 1.61 bits per heavy atom. The normalized spacial score (nSPS) is 12.7. The molecule has 0 fully saturated rings. The minimum Gasteiger partial charge on any atom is -0.481 e. The van der Waals surface area contributed by atoms with Crippen LogP contribution in [-0.4, -0.2) is 45.0 Å². The number of aliphatic hydroxyl groups is 1. The zero-order chi connectivity index (χ0) is 17.5. The zero-order valence-electron chi connectivity index (χ0n) is 11.8. The van der Waals surface area contributed by atoms with Crippen LogP contribution in [0, 0.1) is 0 Å². The minimum atomic E-state index is -2.87. The van der Waals surface area contributed by atoms with Gasteiger partial charge >= 0.3 is 24.1 Å². The molecule has 1 aromatic rings. The summed E-state index contributed by atoms with van der Waals surface area (Å²) in [7, 11) is 0. The van der Waals surface area contributed by atoms with E-state index < -0.39 is 42.5 Å². The van der Waals surface area contributed by atoms with Crippen LogP contribution in [0.5, 0.6) is 0 Å². The lowest BCUT2D eigenvalue weighted by Gasteiger charge is -2.19. The first kappa shape index (κ1) is 18.1. The van der Waals surface area contributed by atoms with E-state index in [4.69, 9.17) is 10.2 Å². The van der Waals surface area contributed by atoms with Crippen molar-refractivity contribution in [2.45, 2.75) is 25.0 Å². The van der Waals surface area contributed by atoms with Gasteiger partial charge in [0.05, 0.1) is 12.8 Å². The highest BCUT2D eigenvalue weighted by molar-refractivity contribution is 5.91. The molecule has 124 valence electrons. The van der Waals surface area contributed by atoms with Gasteiger partial charge < -0.3 is 24.8 Å². The number of aliphatic carboxylic acids is 2. The number of ether oxygens (including phenoxy) is 2. The van der Waals surface area contributed by atoms with Gasteiger partial charge in [-0.25, -0.2) is 9.59 Å². The molecular weight excluding hydrogens is 312 g/mol. The van der Waals surface area contributed by atoms with Crippen molar-refractivity contribution in [1.82, 2.24) is 0 Å². The molecule has 0 spiro atoms. The number of hydrogen-bond acceptors (Lipinski definition) is 7. The smallest absolute Gasteiger partial charge is 0.481 e. The Balaban J connectivity index is 2.52. The van der Waals surface area contributed by atoms with Crippen LogP contribution in [0.15, 0.2) is 30.3 Å². The van der Waals surface area contributed by atoms with Gasteiger partial charge in [0.25, 0.3) is 0 Å². The summed E-state index contributed by atoms with van der Waals surface area (Å²) in [6.45, 7) is -0.175. The van der Waals surface area contributed by atoms with Gasteiger partial charge in [0.1, 0.15) is 6.61 Å². The Kier molecular flexibility index (Phi) is 6.22. The molecule has 1 aromatic carbocycles. The van der Waals surface area contributed by atoms with E-state index in [1.54, 1.807) is 30.3 Å². The summed E-state index contributed by atoms with van der Waals surface area (Å²) in [5.41, 5.74) is -2.24. The number of carboxylic acid groups (broad SMARTS) is 2. The van der Waals surface area contributed by atoms with Crippen molar-refractivity contribution in [3.05, 3.63) is 35.9 Å². The summed E-state index contributed by atoms with van der Waals surface area (Å²) in [5.74, 6) is -4.97. The predicted octanol–water partition coefficient (Wildman–Crippen LogP) is 0.547. The third-order valence-corrected chi connectivity index (χ3v) is 2.68. The van der Waals surface area contributed by atoms with Crippen molar-refractivity contribution in [2.24, 2.45) is 0 Å². The first-order valence-electron chi connectivity index (χ1n) is 6.32. The van der Waals surface area contributed by atoms with Gasteiger partial charge in [-0.1, -0.05) is 30.3 Å². The molecule has 0 aromatic heterocycles. The van der Waals surface area contributed by atoms with Crippen LogP contribution >= 0.6 is 0 Å². The number of esters is 1. The van der Waals surface area contributed by atoms with Crippen LogP contribution in [0.3, 0.4) is 0 Å². The Morgan fingerprint density at radius 1 is 1.00 bits per heavy atom. The van der Waals surface area contributed by atoms with Crippen LogP contribution in [0.25, 0.3) is 0 Å². The van der Waals surface area contributed by atoms with Crippen molar-refractivity contribution in [3.8, 4) is 0 Å². The minimum absolute atomic E-state index is 0.175. The summed E-state index contributed by atoms with van der Waals surface area (Å²) >= 11 is 0. The van der Waals surface area contributed by atoms with E-state index in [-0.39, 0.29) is 6.61 Å². The Hall–Kier alpha value is -2.94. The highest BCUT2D eigenvalue weighted by Crippen LogP contribution is 2.17. The van der Waals surface area contributed by atoms with Crippen molar-refractivity contribution in [1.29, 1.82) is 0 Å². The van der Waals surface area contributed by atoms with Crippen LogP contribution in [-0.2, 0) is 30.5 Å². The molecule has 0 saturated carbocycles. The van der Waals surface area contributed by atoms with Crippen LogP contribution < -0.4 is 0 Å². The summed E-state index contributed by atoms with van der Waals surface area (Å²) < 4.78 is 8.81. The number of carbonyl (C=O) groups is 4. The second-order valence-electron chi connectivity index (χ2n) is 4.58. The summed E-state index contributed by atoms with van der Waals surface area (Å²) in [4.78, 5) is 44.1. The lowest BCUT2D eigenvalue weighted by molar-refractivity contribution is -0.170. The molecule has 0 heterocycles. The summed E-state index contributed by atoms with van der Waals surface area (Å²) in [6.07, 6.45) is -3.83. The molecule has 1 atom stereocenters. The average molecular weight is 326 g/mol. The number of carbonyl (C=O) groups excluding carboxylic acids is 2. The maximum Gasteiger partial charge on any atom is 0.516 e. The van der Waals surface area contributed by atoms with Gasteiger partial charge in [-0.05, 0) is 5.56 Å². The standard InChI is InChI=1S/C14H14O9/c15-10(16)6-14(21,12(18)19)7-11(17)23-13(20)22-8-9-4-2-1-3-5-9/h1-5,21H,6-8H2,(H,15,16)(H,18,19). The van der Waals surface area contributed by atoms with Crippen molar-refractivity contribution >= 4 is 24.1 Å². The van der Waals surface area contributed by atoms with Gasteiger partial charge in [0.2, 0.25) is 0 Å². The molecule has 0 aliphatic rings. The van der Waals surface area contributed by atoms with E-state index in [9.17, 15) is 24.3 Å². The highest BCUT2D eigenvalue weighted by Gasteiger charge is 2.42. The van der Waals surface area contributed by atoms with Gasteiger partial charge in [0, 0.05) is 0 Å². The molecule has 0 saturated heterocycles. The molecule has 9 nitrogen and oxygen atoms in total. The van der Waals surface area contributed by atoms with Gasteiger partial charge in [-0.15, -0.1) is 0 Å². The average Bonchev–Trinajstić information content (AvgIpc) is 2.45. The van der Waals surface area contributed by atoms with Crippen molar-refractivity contribution in [3.63, 3.8) is 0 Å². The van der Waals surface area contributed by atoms with Crippen LogP contribution in [0.1, 0.15) is 18.4 Å². The first-order chi connectivity index (χ1) is 10.7. The van der Waals surface area contributed by atoms with E-state index in [2.05, 4.69) is 9.47 Å². The van der Waals surface area contributed by atoms with E-state index in [1.165, 1.54) is 0 Å². The van der Waals surface area contributed by atoms with E-state index in [0.29, 0.717) is 5.56 Å². The quantitative estimate of drug-likeness (QED) is 0.482. The molecule has 9 heteroatoms. The molecule has 1 unspecified atom stereocenters. The molecule has 1 rings (SSSR count). The SMILES string of the molecule is O=C(O)CC(O)(CC(=O)OC(=O)OCc1ccccc1)C(=O)O. The fourth-order valence-electron chi connectivity index (χ4n) is 1.58. The lowest BCUT2D eigenvalue weighted by Crippen LogP contribution is -2.43. The van der Waals surface area contributed by atoms with E-state index in [0.717, 1.165) is 0 Å². The maximum atomic E-state index is 11.4. The summed E-state index contributed by atoms with van der Waals surface area (Å²) in [5, 5.41) is 26.9. The predicted molar refractivity (Wildman–Crippen MR) is 72.2 cm³/mol. The lowest BCUT2D eigenvalue weighted by atomic mass is 9.96. The van der Waals surface area contributed by atoms with E-state index >= 15 is 0 Å². The Labute approximate surface area is 130 Å². The van der Waals surface area contributed by atoms with Gasteiger partial charge in [-0.3, -0.25) is 9.59 Å². The molecular formula is C14H14O9. The van der Waals surface area contributed by atoms with E-state index in [1.807, 2.05) is 0 Å².